The lowest BCUT2D eigenvalue weighted by atomic mass is 10.1. The predicted molar refractivity (Wildman–Crippen MR) is 75.3 cm³/mol. The Balaban J connectivity index is 1.87. The van der Waals surface area contributed by atoms with Crippen molar-refractivity contribution in [1.29, 1.82) is 0 Å². The largest absolute Gasteiger partial charge is 0.316 e. The third-order valence-corrected chi connectivity index (χ3v) is 3.91. The van der Waals surface area contributed by atoms with Crippen LogP contribution in [0.25, 0.3) is 0 Å². The molecule has 96 valence electrons. The highest BCUT2D eigenvalue weighted by Crippen LogP contribution is 2.09. The molecule has 0 bridgehead atoms. The van der Waals surface area contributed by atoms with Gasteiger partial charge < -0.3 is 10.2 Å². The third kappa shape index (κ3) is 6.77. The van der Waals surface area contributed by atoms with Crippen LogP contribution in [0.4, 0.5) is 0 Å². The van der Waals surface area contributed by atoms with E-state index in [2.05, 4.69) is 23.4 Å². The smallest absolute Gasteiger partial charge is 0.00191 e. The quantitative estimate of drug-likeness (QED) is 0.627. The second kappa shape index (κ2) is 9.32. The molecular formula is C13H28N2S. The second-order valence-corrected chi connectivity index (χ2v) is 6.00. The summed E-state index contributed by atoms with van der Waals surface area (Å²) in [5.74, 6) is 2.11. The van der Waals surface area contributed by atoms with Gasteiger partial charge in [0.05, 0.1) is 0 Å². The number of unbranched alkanes of at least 4 members (excludes halogenated alkanes) is 1. The standard InChI is InChI=1S/C13H28N2S/c1-13(12-15-8-4-5-9-15)11-14-7-3-6-10-16-2/h13-14H,3-12H2,1-2H3. The minimum Gasteiger partial charge on any atom is -0.316 e. The van der Waals surface area contributed by atoms with Crippen LogP contribution in [0.5, 0.6) is 0 Å². The van der Waals surface area contributed by atoms with Crippen LogP contribution < -0.4 is 5.32 Å². The first kappa shape index (κ1) is 14.3. The lowest BCUT2D eigenvalue weighted by Gasteiger charge is -2.20. The molecule has 0 amide bonds. The van der Waals surface area contributed by atoms with Crippen molar-refractivity contribution in [3.63, 3.8) is 0 Å². The first-order valence-electron chi connectivity index (χ1n) is 6.75. The predicted octanol–water partition coefficient (Wildman–Crippen LogP) is 2.45. The Morgan fingerprint density at radius 3 is 2.69 bits per heavy atom. The van der Waals surface area contributed by atoms with Gasteiger partial charge in [-0.05, 0) is 69.8 Å². The van der Waals surface area contributed by atoms with E-state index in [1.165, 1.54) is 64.2 Å². The molecule has 1 atom stereocenters. The van der Waals surface area contributed by atoms with Gasteiger partial charge in [0.15, 0.2) is 0 Å². The molecule has 1 unspecified atom stereocenters. The Labute approximate surface area is 106 Å². The number of nitrogens with zero attached hydrogens (tertiary/aromatic N) is 1. The molecule has 1 saturated heterocycles. The summed E-state index contributed by atoms with van der Waals surface area (Å²) in [6, 6.07) is 0. The average molecular weight is 244 g/mol. The molecule has 0 aromatic carbocycles. The maximum atomic E-state index is 3.58. The molecule has 0 aromatic rings. The minimum absolute atomic E-state index is 0.804. The first-order chi connectivity index (χ1) is 7.83. The maximum Gasteiger partial charge on any atom is 0.00191 e. The van der Waals surface area contributed by atoms with Gasteiger partial charge >= 0.3 is 0 Å². The summed E-state index contributed by atoms with van der Waals surface area (Å²) < 4.78 is 0. The second-order valence-electron chi connectivity index (χ2n) is 5.02. The van der Waals surface area contributed by atoms with E-state index < -0.39 is 0 Å². The molecule has 1 N–H and O–H groups in total. The zero-order valence-corrected chi connectivity index (χ0v) is 11.8. The van der Waals surface area contributed by atoms with Crippen LogP contribution in [-0.4, -0.2) is 49.6 Å². The summed E-state index contributed by atoms with van der Waals surface area (Å²) in [5, 5.41) is 3.58. The Bertz CT molecular complexity index is 158. The van der Waals surface area contributed by atoms with Gasteiger partial charge in [-0.2, -0.15) is 11.8 Å². The van der Waals surface area contributed by atoms with Crippen molar-refractivity contribution in [2.45, 2.75) is 32.6 Å². The molecule has 0 aliphatic carbocycles. The Kier molecular flexibility index (Phi) is 8.34. The summed E-state index contributed by atoms with van der Waals surface area (Å²) >= 11 is 1.95. The van der Waals surface area contributed by atoms with E-state index in [1.807, 2.05) is 11.8 Å². The van der Waals surface area contributed by atoms with Crippen molar-refractivity contribution >= 4 is 11.8 Å². The summed E-state index contributed by atoms with van der Waals surface area (Å²) in [7, 11) is 0. The summed E-state index contributed by atoms with van der Waals surface area (Å²) in [6.45, 7) is 8.71. The van der Waals surface area contributed by atoms with Gasteiger partial charge in [0.25, 0.3) is 0 Å². The molecule has 1 rings (SSSR count). The number of nitrogens with one attached hydrogen (secondary N) is 1. The van der Waals surface area contributed by atoms with Crippen molar-refractivity contribution in [3.8, 4) is 0 Å². The number of rotatable bonds is 9. The van der Waals surface area contributed by atoms with Gasteiger partial charge in [-0.25, -0.2) is 0 Å². The zero-order chi connectivity index (χ0) is 11.6. The SMILES string of the molecule is CSCCCCNCC(C)CN1CCCC1. The van der Waals surface area contributed by atoms with Crippen LogP contribution in [0.1, 0.15) is 32.6 Å². The topological polar surface area (TPSA) is 15.3 Å². The molecule has 0 spiro atoms. The fraction of sp³-hybridized carbons (Fsp3) is 1.00. The van der Waals surface area contributed by atoms with E-state index in [9.17, 15) is 0 Å². The average Bonchev–Trinajstić information content (AvgIpc) is 2.76. The van der Waals surface area contributed by atoms with Crippen LogP contribution in [-0.2, 0) is 0 Å². The molecule has 1 aliphatic heterocycles. The molecule has 0 radical (unpaired) electrons. The highest BCUT2D eigenvalue weighted by Gasteiger charge is 2.13. The molecular weight excluding hydrogens is 216 g/mol. The van der Waals surface area contributed by atoms with E-state index in [0.717, 1.165) is 5.92 Å². The third-order valence-electron chi connectivity index (χ3n) is 3.21. The van der Waals surface area contributed by atoms with E-state index in [1.54, 1.807) is 0 Å². The van der Waals surface area contributed by atoms with Crippen LogP contribution in [0.2, 0.25) is 0 Å². The molecule has 1 fully saturated rings. The Morgan fingerprint density at radius 2 is 2.00 bits per heavy atom. The lowest BCUT2D eigenvalue weighted by molar-refractivity contribution is 0.283. The van der Waals surface area contributed by atoms with Gasteiger partial charge in [0, 0.05) is 6.54 Å². The zero-order valence-electron chi connectivity index (χ0n) is 11.0. The monoisotopic (exact) mass is 244 g/mol. The molecule has 1 heterocycles. The molecule has 2 nitrogen and oxygen atoms in total. The number of likely N-dealkylation sites (tertiary alicyclic amines) is 1. The number of thioether (sulfide) groups is 1. The number of hydrogen-bond acceptors (Lipinski definition) is 3. The van der Waals surface area contributed by atoms with Gasteiger partial charge in [0.1, 0.15) is 0 Å². The van der Waals surface area contributed by atoms with Crippen LogP contribution >= 0.6 is 11.8 Å². The Hall–Kier alpha value is 0.270. The normalized spacial score (nSPS) is 19.1. The fourth-order valence-electron chi connectivity index (χ4n) is 2.32. The van der Waals surface area contributed by atoms with Crippen molar-refractivity contribution in [1.82, 2.24) is 10.2 Å². The Morgan fingerprint density at radius 1 is 1.25 bits per heavy atom. The van der Waals surface area contributed by atoms with Crippen LogP contribution in [0.3, 0.4) is 0 Å². The van der Waals surface area contributed by atoms with E-state index >= 15 is 0 Å². The lowest BCUT2D eigenvalue weighted by Crippen LogP contribution is -2.32. The van der Waals surface area contributed by atoms with E-state index in [-0.39, 0.29) is 0 Å². The van der Waals surface area contributed by atoms with Gasteiger partial charge in [-0.15, -0.1) is 0 Å². The highest BCUT2D eigenvalue weighted by atomic mass is 32.2. The highest BCUT2D eigenvalue weighted by molar-refractivity contribution is 7.98. The van der Waals surface area contributed by atoms with Crippen molar-refractivity contribution < 1.29 is 0 Å². The molecule has 0 aromatic heterocycles. The summed E-state index contributed by atoms with van der Waals surface area (Å²) in [6.07, 6.45) is 7.70. The van der Waals surface area contributed by atoms with E-state index in [4.69, 9.17) is 0 Å². The van der Waals surface area contributed by atoms with Crippen LogP contribution in [0, 0.1) is 5.92 Å². The van der Waals surface area contributed by atoms with Crippen molar-refractivity contribution in [3.05, 3.63) is 0 Å². The number of hydrogen-bond donors (Lipinski definition) is 1. The first-order valence-corrected chi connectivity index (χ1v) is 8.14. The van der Waals surface area contributed by atoms with Crippen molar-refractivity contribution in [2.24, 2.45) is 5.92 Å². The fourth-order valence-corrected chi connectivity index (χ4v) is 2.81. The summed E-state index contributed by atoms with van der Waals surface area (Å²) in [4.78, 5) is 2.61. The van der Waals surface area contributed by atoms with Gasteiger partial charge in [-0.1, -0.05) is 6.92 Å². The summed E-state index contributed by atoms with van der Waals surface area (Å²) in [5.41, 5.74) is 0. The molecule has 1 aliphatic rings. The van der Waals surface area contributed by atoms with Crippen molar-refractivity contribution in [2.75, 3.05) is 44.7 Å². The van der Waals surface area contributed by atoms with E-state index in [0.29, 0.717) is 0 Å². The molecule has 16 heavy (non-hydrogen) atoms. The van der Waals surface area contributed by atoms with Gasteiger partial charge in [0.2, 0.25) is 0 Å². The van der Waals surface area contributed by atoms with Gasteiger partial charge in [-0.3, -0.25) is 0 Å². The minimum atomic E-state index is 0.804. The maximum absolute atomic E-state index is 3.58. The molecule has 3 heteroatoms. The molecule has 0 saturated carbocycles. The van der Waals surface area contributed by atoms with Crippen LogP contribution in [0.15, 0.2) is 0 Å².